The lowest BCUT2D eigenvalue weighted by molar-refractivity contribution is -0.134. The minimum atomic E-state index is -0.279. The number of hydrogen-bond donors (Lipinski definition) is 0. The molecule has 1 aliphatic heterocycles. The van der Waals surface area contributed by atoms with Gasteiger partial charge in [0.25, 0.3) is 0 Å². The van der Waals surface area contributed by atoms with Gasteiger partial charge in [-0.3, -0.25) is 14.4 Å². The quantitative estimate of drug-likeness (QED) is 0.341. The maximum Gasteiger partial charge on any atom is 0.311 e. The Bertz CT molecular complexity index is 645. The van der Waals surface area contributed by atoms with Crippen molar-refractivity contribution in [2.45, 2.75) is 58.3 Å². The van der Waals surface area contributed by atoms with Crippen LogP contribution in [0.25, 0.3) is 0 Å². The largest absolute Gasteiger partial charge is 0.426 e. The van der Waals surface area contributed by atoms with Crippen molar-refractivity contribution >= 4 is 23.5 Å². The Balaban J connectivity index is 1.72. The highest BCUT2D eigenvalue weighted by Crippen LogP contribution is 2.40. The zero-order chi connectivity index (χ0) is 17.8. The van der Waals surface area contributed by atoms with Gasteiger partial charge in [0.2, 0.25) is 11.8 Å². The first-order valence-electron chi connectivity index (χ1n) is 9.30. The lowest BCUT2D eigenvalue weighted by Gasteiger charge is -2.19. The maximum atomic E-state index is 12.7. The summed E-state index contributed by atoms with van der Waals surface area (Å²) in [5.41, 5.74) is 0.503. The smallest absolute Gasteiger partial charge is 0.311 e. The van der Waals surface area contributed by atoms with Crippen molar-refractivity contribution in [1.82, 2.24) is 0 Å². The maximum absolute atomic E-state index is 12.7. The molecule has 0 radical (unpaired) electrons. The summed E-state index contributed by atoms with van der Waals surface area (Å²) >= 11 is 0. The van der Waals surface area contributed by atoms with E-state index in [1.807, 2.05) is 0 Å². The Kier molecular flexibility index (Phi) is 5.51. The number of rotatable bonds is 6. The molecule has 1 aromatic rings. The third-order valence-corrected chi connectivity index (χ3v) is 5.13. The molecule has 0 bridgehead atoms. The molecule has 1 aromatic carbocycles. The van der Waals surface area contributed by atoms with E-state index in [9.17, 15) is 14.4 Å². The highest BCUT2D eigenvalue weighted by Gasteiger charge is 2.48. The van der Waals surface area contributed by atoms with E-state index >= 15 is 0 Å². The predicted molar refractivity (Wildman–Crippen MR) is 94.2 cm³/mol. The average molecular weight is 343 g/mol. The highest BCUT2D eigenvalue weighted by atomic mass is 16.5. The van der Waals surface area contributed by atoms with Crippen molar-refractivity contribution in [3.05, 3.63) is 24.3 Å². The summed E-state index contributed by atoms with van der Waals surface area (Å²) < 4.78 is 5.36. The van der Waals surface area contributed by atoms with Crippen molar-refractivity contribution in [2.24, 2.45) is 11.8 Å². The topological polar surface area (TPSA) is 63.7 Å². The van der Waals surface area contributed by atoms with E-state index in [0.29, 0.717) is 17.9 Å². The van der Waals surface area contributed by atoms with E-state index in [4.69, 9.17) is 4.74 Å². The number of benzene rings is 1. The van der Waals surface area contributed by atoms with Crippen LogP contribution < -0.4 is 9.64 Å². The van der Waals surface area contributed by atoms with Crippen LogP contribution in [0.15, 0.2) is 24.3 Å². The summed E-state index contributed by atoms with van der Waals surface area (Å²) in [7, 11) is 0. The van der Waals surface area contributed by atoms with Gasteiger partial charge >= 0.3 is 5.97 Å². The molecule has 1 saturated heterocycles. The number of unbranched alkanes of at least 4 members (excludes halogenated alkanes) is 2. The van der Waals surface area contributed by atoms with E-state index in [2.05, 4.69) is 6.92 Å². The number of carbonyl (C=O) groups is 3. The zero-order valence-corrected chi connectivity index (χ0v) is 14.7. The van der Waals surface area contributed by atoms with Crippen molar-refractivity contribution in [3.63, 3.8) is 0 Å². The molecule has 5 nitrogen and oxygen atoms in total. The number of carbonyl (C=O) groups excluding carboxylic acids is 3. The van der Waals surface area contributed by atoms with Gasteiger partial charge in [-0.2, -0.15) is 0 Å². The normalized spacial score (nSPS) is 22.8. The molecule has 2 aliphatic rings. The number of ether oxygens (including phenoxy) is 1. The van der Waals surface area contributed by atoms with Gasteiger partial charge < -0.3 is 4.74 Å². The molecule has 134 valence electrons. The van der Waals surface area contributed by atoms with Gasteiger partial charge in [0, 0.05) is 12.5 Å². The summed E-state index contributed by atoms with van der Waals surface area (Å²) in [6.45, 7) is 2.08. The van der Waals surface area contributed by atoms with Crippen molar-refractivity contribution in [1.29, 1.82) is 0 Å². The summed E-state index contributed by atoms with van der Waals surface area (Å²) in [6, 6.07) is 6.73. The van der Waals surface area contributed by atoms with Crippen LogP contribution in [0.3, 0.4) is 0 Å². The molecule has 0 N–H and O–H groups in total. The molecule has 0 aromatic heterocycles. The molecule has 0 spiro atoms. The zero-order valence-electron chi connectivity index (χ0n) is 14.7. The number of fused-ring (bicyclic) bond motifs is 1. The number of anilines is 1. The van der Waals surface area contributed by atoms with Gasteiger partial charge in [0.05, 0.1) is 17.5 Å². The second-order valence-corrected chi connectivity index (χ2v) is 6.94. The van der Waals surface area contributed by atoms with E-state index in [1.54, 1.807) is 24.3 Å². The number of hydrogen-bond acceptors (Lipinski definition) is 4. The predicted octanol–water partition coefficient (Wildman–Crippen LogP) is 3.85. The average Bonchev–Trinajstić information content (AvgIpc) is 2.87. The molecule has 2 amide bonds. The summed E-state index contributed by atoms with van der Waals surface area (Å²) in [5, 5.41) is 0. The monoisotopic (exact) mass is 343 g/mol. The molecular weight excluding hydrogens is 318 g/mol. The molecule has 2 atom stereocenters. The Morgan fingerprint density at radius 2 is 1.80 bits per heavy atom. The molecule has 3 rings (SSSR count). The van der Waals surface area contributed by atoms with Crippen LogP contribution in [0.1, 0.15) is 58.3 Å². The minimum absolute atomic E-state index is 0.110. The van der Waals surface area contributed by atoms with E-state index < -0.39 is 0 Å². The molecule has 25 heavy (non-hydrogen) atoms. The number of esters is 1. The van der Waals surface area contributed by atoms with Gasteiger partial charge in [0.15, 0.2) is 0 Å². The van der Waals surface area contributed by atoms with Crippen LogP contribution in [0.5, 0.6) is 5.75 Å². The first-order valence-corrected chi connectivity index (χ1v) is 9.30. The molecule has 5 heteroatoms. The first kappa shape index (κ1) is 17.6. The van der Waals surface area contributed by atoms with Gasteiger partial charge in [-0.15, -0.1) is 0 Å². The van der Waals surface area contributed by atoms with Gasteiger partial charge in [0.1, 0.15) is 5.75 Å². The Morgan fingerprint density at radius 3 is 2.44 bits per heavy atom. The fourth-order valence-corrected chi connectivity index (χ4v) is 3.80. The SMILES string of the molecule is CCCCCC(=O)Oc1cccc(N2C(=O)[C@H]3CCCC[C@@H]3C2=O)c1. The third-order valence-electron chi connectivity index (χ3n) is 5.13. The van der Waals surface area contributed by atoms with E-state index in [1.165, 1.54) is 4.90 Å². The molecule has 1 aliphatic carbocycles. The van der Waals surface area contributed by atoms with Crippen molar-refractivity contribution in [2.75, 3.05) is 4.90 Å². The third kappa shape index (κ3) is 3.75. The fourth-order valence-electron chi connectivity index (χ4n) is 3.80. The summed E-state index contributed by atoms with van der Waals surface area (Å²) in [6.07, 6.45) is 6.81. The van der Waals surface area contributed by atoms with Gasteiger partial charge in [-0.05, 0) is 31.4 Å². The highest BCUT2D eigenvalue weighted by molar-refractivity contribution is 6.22. The summed E-state index contributed by atoms with van der Waals surface area (Å²) in [5.74, 6) is -0.474. The van der Waals surface area contributed by atoms with Crippen LogP contribution in [0.4, 0.5) is 5.69 Å². The summed E-state index contributed by atoms with van der Waals surface area (Å²) in [4.78, 5) is 38.5. The van der Waals surface area contributed by atoms with Crippen molar-refractivity contribution in [3.8, 4) is 5.75 Å². The first-order chi connectivity index (χ1) is 12.1. The van der Waals surface area contributed by atoms with Crippen LogP contribution in [0.2, 0.25) is 0 Å². The number of nitrogens with zero attached hydrogens (tertiary/aromatic N) is 1. The molecule has 1 saturated carbocycles. The van der Waals surface area contributed by atoms with E-state index in [-0.39, 0.29) is 29.6 Å². The van der Waals surface area contributed by atoms with Crippen LogP contribution in [-0.2, 0) is 14.4 Å². The number of amides is 2. The second kappa shape index (κ2) is 7.81. The number of imide groups is 1. The van der Waals surface area contributed by atoms with E-state index in [0.717, 1.165) is 44.9 Å². The Morgan fingerprint density at radius 1 is 1.12 bits per heavy atom. The van der Waals surface area contributed by atoms with Crippen molar-refractivity contribution < 1.29 is 19.1 Å². The van der Waals surface area contributed by atoms with Crippen LogP contribution in [-0.4, -0.2) is 17.8 Å². The molecule has 2 fully saturated rings. The molecule has 0 unspecified atom stereocenters. The fraction of sp³-hybridized carbons (Fsp3) is 0.550. The minimum Gasteiger partial charge on any atom is -0.426 e. The molecular formula is C20H25NO4. The molecule has 1 heterocycles. The standard InChI is InChI=1S/C20H25NO4/c1-2-3-4-12-18(22)25-15-9-7-8-14(13-15)21-19(23)16-10-5-6-11-17(16)20(21)24/h7-9,13,16-17H,2-6,10-12H2,1H3/t16-,17-/m0/s1. The lowest BCUT2D eigenvalue weighted by Crippen LogP contribution is -2.30. The lowest BCUT2D eigenvalue weighted by atomic mass is 9.81. The Hall–Kier alpha value is -2.17. The Labute approximate surface area is 148 Å². The van der Waals surface area contributed by atoms with Crippen LogP contribution >= 0.6 is 0 Å². The second-order valence-electron chi connectivity index (χ2n) is 6.94. The van der Waals surface area contributed by atoms with Gasteiger partial charge in [-0.1, -0.05) is 38.7 Å². The van der Waals surface area contributed by atoms with Crippen LogP contribution in [0, 0.1) is 11.8 Å². The van der Waals surface area contributed by atoms with Gasteiger partial charge in [-0.25, -0.2) is 4.90 Å².